The lowest BCUT2D eigenvalue weighted by Gasteiger charge is -1.97. The zero-order valence-electron chi connectivity index (χ0n) is 8.25. The first-order valence-corrected chi connectivity index (χ1v) is 5.00. The predicted octanol–water partition coefficient (Wildman–Crippen LogP) is 3.46. The van der Waals surface area contributed by atoms with Crippen LogP contribution in [0.25, 0.3) is 11.3 Å². The van der Waals surface area contributed by atoms with Crippen molar-refractivity contribution in [3.05, 3.63) is 46.6 Å². The average Bonchev–Trinajstić information content (AvgIpc) is 2.55. The SMILES string of the molecule is Cc1[nH]c(-c2ccccc2)c(Cl)c1C=O. The van der Waals surface area contributed by atoms with Gasteiger partial charge in [-0.05, 0) is 12.5 Å². The van der Waals surface area contributed by atoms with Gasteiger partial charge < -0.3 is 4.98 Å². The summed E-state index contributed by atoms with van der Waals surface area (Å²) in [6.45, 7) is 1.84. The number of hydrogen-bond acceptors (Lipinski definition) is 1. The molecule has 0 aliphatic heterocycles. The third-order valence-corrected chi connectivity index (χ3v) is 2.75. The van der Waals surface area contributed by atoms with Gasteiger partial charge in [-0.15, -0.1) is 0 Å². The van der Waals surface area contributed by atoms with E-state index in [1.165, 1.54) is 0 Å². The van der Waals surface area contributed by atoms with Crippen molar-refractivity contribution in [2.75, 3.05) is 0 Å². The van der Waals surface area contributed by atoms with Gasteiger partial charge in [-0.25, -0.2) is 0 Å². The van der Waals surface area contributed by atoms with Crippen LogP contribution in [0.15, 0.2) is 30.3 Å². The van der Waals surface area contributed by atoms with E-state index in [1.807, 2.05) is 37.3 Å². The molecule has 1 aromatic heterocycles. The molecule has 1 heterocycles. The molecule has 0 saturated heterocycles. The molecule has 3 heteroatoms. The van der Waals surface area contributed by atoms with E-state index in [1.54, 1.807) is 0 Å². The molecule has 0 spiro atoms. The largest absolute Gasteiger partial charge is 0.357 e. The third kappa shape index (κ3) is 1.68. The van der Waals surface area contributed by atoms with Gasteiger partial charge in [0.25, 0.3) is 0 Å². The molecule has 0 amide bonds. The van der Waals surface area contributed by atoms with Crippen LogP contribution in [0.1, 0.15) is 16.1 Å². The lowest BCUT2D eigenvalue weighted by Crippen LogP contribution is -1.79. The maximum atomic E-state index is 10.8. The van der Waals surface area contributed by atoms with Crippen molar-refractivity contribution in [3.63, 3.8) is 0 Å². The molecular weight excluding hydrogens is 210 g/mol. The Hall–Kier alpha value is -1.54. The summed E-state index contributed by atoms with van der Waals surface area (Å²) >= 11 is 6.10. The molecule has 15 heavy (non-hydrogen) atoms. The van der Waals surface area contributed by atoms with Gasteiger partial charge in [0.15, 0.2) is 6.29 Å². The third-order valence-electron chi connectivity index (χ3n) is 2.35. The molecule has 0 radical (unpaired) electrons. The zero-order chi connectivity index (χ0) is 10.8. The number of aromatic nitrogens is 1. The molecule has 0 aliphatic carbocycles. The highest BCUT2D eigenvalue weighted by Gasteiger charge is 2.13. The summed E-state index contributed by atoms with van der Waals surface area (Å²) < 4.78 is 0. The van der Waals surface area contributed by atoms with Gasteiger partial charge in [0.05, 0.1) is 16.3 Å². The van der Waals surface area contributed by atoms with E-state index in [9.17, 15) is 4.79 Å². The Morgan fingerprint density at radius 1 is 1.27 bits per heavy atom. The predicted molar refractivity (Wildman–Crippen MR) is 61.4 cm³/mol. The second kappa shape index (κ2) is 3.91. The van der Waals surface area contributed by atoms with Crippen molar-refractivity contribution in [1.82, 2.24) is 4.98 Å². The second-order valence-electron chi connectivity index (χ2n) is 3.34. The number of hydrogen-bond donors (Lipinski definition) is 1. The molecule has 2 nitrogen and oxygen atoms in total. The van der Waals surface area contributed by atoms with E-state index in [-0.39, 0.29) is 0 Å². The van der Waals surface area contributed by atoms with Gasteiger partial charge >= 0.3 is 0 Å². The Morgan fingerprint density at radius 3 is 2.47 bits per heavy atom. The van der Waals surface area contributed by atoms with Crippen LogP contribution in [-0.2, 0) is 0 Å². The number of benzene rings is 1. The zero-order valence-corrected chi connectivity index (χ0v) is 9.01. The molecular formula is C12H10ClNO. The molecule has 0 aliphatic rings. The molecule has 76 valence electrons. The summed E-state index contributed by atoms with van der Waals surface area (Å²) in [4.78, 5) is 13.9. The highest BCUT2D eigenvalue weighted by molar-refractivity contribution is 6.35. The normalized spacial score (nSPS) is 10.3. The summed E-state index contributed by atoms with van der Waals surface area (Å²) in [6.07, 6.45) is 0.778. The summed E-state index contributed by atoms with van der Waals surface area (Å²) in [5.41, 5.74) is 3.12. The molecule has 0 saturated carbocycles. The fourth-order valence-electron chi connectivity index (χ4n) is 1.55. The van der Waals surface area contributed by atoms with Gasteiger partial charge in [0, 0.05) is 5.69 Å². The number of H-pyrrole nitrogens is 1. The number of halogens is 1. The van der Waals surface area contributed by atoms with E-state index >= 15 is 0 Å². The van der Waals surface area contributed by atoms with Crippen LogP contribution in [0, 0.1) is 6.92 Å². The van der Waals surface area contributed by atoms with E-state index in [0.717, 1.165) is 23.2 Å². The standard InChI is InChI=1S/C12H10ClNO/c1-8-10(7-15)11(13)12(14-8)9-5-3-2-4-6-9/h2-7,14H,1H3. The van der Waals surface area contributed by atoms with Gasteiger partial charge in [0.1, 0.15) is 0 Å². The minimum Gasteiger partial charge on any atom is -0.357 e. The highest BCUT2D eigenvalue weighted by Crippen LogP contribution is 2.31. The van der Waals surface area contributed by atoms with Crippen molar-refractivity contribution in [2.24, 2.45) is 0 Å². The Labute approximate surface area is 92.9 Å². The Morgan fingerprint density at radius 2 is 1.93 bits per heavy atom. The molecule has 0 unspecified atom stereocenters. The lowest BCUT2D eigenvalue weighted by molar-refractivity contribution is 0.112. The van der Waals surface area contributed by atoms with E-state index in [2.05, 4.69) is 4.98 Å². The van der Waals surface area contributed by atoms with Crippen LogP contribution in [-0.4, -0.2) is 11.3 Å². The van der Waals surface area contributed by atoms with Crippen LogP contribution < -0.4 is 0 Å². The van der Waals surface area contributed by atoms with Gasteiger partial charge in [0.2, 0.25) is 0 Å². The summed E-state index contributed by atoms with van der Waals surface area (Å²) in [6, 6.07) is 9.70. The van der Waals surface area contributed by atoms with Gasteiger partial charge in [-0.3, -0.25) is 4.79 Å². The van der Waals surface area contributed by atoms with Gasteiger partial charge in [-0.1, -0.05) is 41.9 Å². The molecule has 1 aromatic carbocycles. The Balaban J connectivity index is 2.60. The van der Waals surface area contributed by atoms with E-state index < -0.39 is 0 Å². The molecule has 2 rings (SSSR count). The summed E-state index contributed by atoms with van der Waals surface area (Å²) in [5, 5.41) is 0.494. The van der Waals surface area contributed by atoms with E-state index in [0.29, 0.717) is 10.6 Å². The number of nitrogens with one attached hydrogen (secondary N) is 1. The smallest absolute Gasteiger partial charge is 0.153 e. The van der Waals surface area contributed by atoms with Crippen LogP contribution in [0.3, 0.4) is 0 Å². The van der Waals surface area contributed by atoms with Crippen molar-refractivity contribution in [2.45, 2.75) is 6.92 Å². The van der Waals surface area contributed by atoms with Crippen LogP contribution in [0.2, 0.25) is 5.02 Å². The molecule has 0 atom stereocenters. The number of aldehydes is 1. The number of aryl methyl sites for hydroxylation is 1. The van der Waals surface area contributed by atoms with Gasteiger partial charge in [-0.2, -0.15) is 0 Å². The topological polar surface area (TPSA) is 32.9 Å². The van der Waals surface area contributed by atoms with Crippen molar-refractivity contribution in [3.8, 4) is 11.3 Å². The average molecular weight is 220 g/mol. The number of carbonyl (C=O) groups excluding carboxylic acids is 1. The summed E-state index contributed by atoms with van der Waals surface area (Å²) in [5.74, 6) is 0. The maximum Gasteiger partial charge on any atom is 0.153 e. The van der Waals surface area contributed by atoms with Crippen molar-refractivity contribution in [1.29, 1.82) is 0 Å². The summed E-state index contributed by atoms with van der Waals surface area (Å²) in [7, 11) is 0. The first-order chi connectivity index (χ1) is 7.24. The van der Waals surface area contributed by atoms with E-state index in [4.69, 9.17) is 11.6 Å². The molecule has 0 bridgehead atoms. The first-order valence-electron chi connectivity index (χ1n) is 4.62. The Kier molecular flexibility index (Phi) is 2.60. The maximum absolute atomic E-state index is 10.8. The lowest BCUT2D eigenvalue weighted by atomic mass is 10.1. The highest BCUT2D eigenvalue weighted by atomic mass is 35.5. The minimum absolute atomic E-state index is 0.494. The first kappa shape index (κ1) is 9.99. The second-order valence-corrected chi connectivity index (χ2v) is 3.71. The minimum atomic E-state index is 0.494. The Bertz CT molecular complexity index is 488. The fourth-order valence-corrected chi connectivity index (χ4v) is 1.90. The van der Waals surface area contributed by atoms with Crippen LogP contribution in [0.5, 0.6) is 0 Å². The molecule has 0 fully saturated rings. The van der Waals surface area contributed by atoms with Crippen LogP contribution >= 0.6 is 11.6 Å². The quantitative estimate of drug-likeness (QED) is 0.771. The number of aromatic amines is 1. The van der Waals surface area contributed by atoms with Crippen molar-refractivity contribution < 1.29 is 4.79 Å². The molecule has 1 N–H and O–H groups in total. The van der Waals surface area contributed by atoms with Crippen LogP contribution in [0.4, 0.5) is 0 Å². The molecule has 2 aromatic rings. The number of rotatable bonds is 2. The fraction of sp³-hybridized carbons (Fsp3) is 0.0833. The number of carbonyl (C=O) groups is 1. The monoisotopic (exact) mass is 219 g/mol. The van der Waals surface area contributed by atoms with Crippen molar-refractivity contribution >= 4 is 17.9 Å².